The topological polar surface area (TPSA) is 75.8 Å². The number of fused-ring (bicyclic) bond motifs is 2. The molecule has 0 amide bonds. The van der Waals surface area contributed by atoms with Crippen LogP contribution in [0.25, 0.3) is 10.9 Å². The maximum Gasteiger partial charge on any atom is 0.253 e. The van der Waals surface area contributed by atoms with Crippen LogP contribution in [0.2, 0.25) is 0 Å². The molecular weight excluding hydrogens is 378 g/mol. The highest BCUT2D eigenvalue weighted by atomic mass is 32.1. The van der Waals surface area contributed by atoms with Crippen molar-refractivity contribution in [2.75, 3.05) is 27.1 Å². The summed E-state index contributed by atoms with van der Waals surface area (Å²) >= 11 is 5.64. The minimum Gasteiger partial charge on any atom is -0.454 e. The quantitative estimate of drug-likeness (QED) is 0.567. The summed E-state index contributed by atoms with van der Waals surface area (Å²) in [7, 11) is 1.67. The normalized spacial score (nSPS) is 15.9. The van der Waals surface area contributed by atoms with Gasteiger partial charge in [-0.25, -0.2) is 0 Å². The SMILES string of the molecule is COCCNC(=S)N(Cc1cc2cc3c(cc2[nH]c1=O)OCO3)C1CCCC1. The lowest BCUT2D eigenvalue weighted by atomic mass is 10.1. The summed E-state index contributed by atoms with van der Waals surface area (Å²) in [4.78, 5) is 17.9. The number of thiocarbonyl (C=S) groups is 1. The van der Waals surface area contributed by atoms with Crippen LogP contribution in [0.5, 0.6) is 11.5 Å². The van der Waals surface area contributed by atoms with Gasteiger partial charge in [0.05, 0.1) is 18.7 Å². The van der Waals surface area contributed by atoms with Crippen LogP contribution in [0.4, 0.5) is 0 Å². The number of nitrogens with zero attached hydrogens (tertiary/aromatic N) is 1. The molecule has 0 bridgehead atoms. The fourth-order valence-corrected chi connectivity index (χ4v) is 4.20. The summed E-state index contributed by atoms with van der Waals surface area (Å²) in [6, 6.07) is 6.01. The monoisotopic (exact) mass is 403 g/mol. The molecule has 1 aromatic carbocycles. The Labute approximate surface area is 169 Å². The van der Waals surface area contributed by atoms with Gasteiger partial charge in [0.25, 0.3) is 5.56 Å². The Bertz CT molecular complexity index is 924. The molecule has 7 nitrogen and oxygen atoms in total. The average molecular weight is 404 g/mol. The first kappa shape index (κ1) is 19.0. The lowest BCUT2D eigenvalue weighted by Gasteiger charge is -2.31. The Hall–Kier alpha value is -2.32. The second-order valence-electron chi connectivity index (χ2n) is 7.21. The van der Waals surface area contributed by atoms with E-state index in [0.717, 1.165) is 23.7 Å². The van der Waals surface area contributed by atoms with Gasteiger partial charge in [-0.2, -0.15) is 0 Å². The summed E-state index contributed by atoms with van der Waals surface area (Å²) in [5.74, 6) is 1.36. The molecule has 0 unspecified atom stereocenters. The minimum atomic E-state index is -0.103. The zero-order valence-electron chi connectivity index (χ0n) is 16.0. The molecule has 28 heavy (non-hydrogen) atoms. The van der Waals surface area contributed by atoms with Crippen molar-refractivity contribution in [2.24, 2.45) is 0 Å². The Kier molecular flexibility index (Phi) is 5.68. The molecule has 2 aliphatic rings. The predicted molar refractivity (Wildman–Crippen MR) is 111 cm³/mol. The number of rotatable bonds is 6. The lowest BCUT2D eigenvalue weighted by molar-refractivity contribution is 0.174. The van der Waals surface area contributed by atoms with Gasteiger partial charge in [-0.15, -0.1) is 0 Å². The van der Waals surface area contributed by atoms with E-state index in [1.54, 1.807) is 7.11 Å². The van der Waals surface area contributed by atoms with Crippen LogP contribution in [0, 0.1) is 0 Å². The Morgan fingerprint density at radius 2 is 2.04 bits per heavy atom. The van der Waals surface area contributed by atoms with Crippen LogP contribution in [0.15, 0.2) is 23.0 Å². The Morgan fingerprint density at radius 3 is 2.79 bits per heavy atom. The molecule has 2 aromatic rings. The first-order valence-electron chi connectivity index (χ1n) is 9.64. The molecule has 150 valence electrons. The van der Waals surface area contributed by atoms with Crippen LogP contribution >= 0.6 is 12.2 Å². The smallest absolute Gasteiger partial charge is 0.253 e. The summed E-state index contributed by atoms with van der Waals surface area (Å²) in [5, 5.41) is 4.85. The summed E-state index contributed by atoms with van der Waals surface area (Å²) < 4.78 is 16.0. The molecule has 0 radical (unpaired) electrons. The van der Waals surface area contributed by atoms with Gasteiger partial charge in [0.2, 0.25) is 6.79 Å². The second-order valence-corrected chi connectivity index (χ2v) is 7.59. The number of methoxy groups -OCH3 is 1. The maximum atomic E-state index is 12.7. The molecule has 0 saturated heterocycles. The Balaban J connectivity index is 1.60. The van der Waals surface area contributed by atoms with Gasteiger partial charge in [0, 0.05) is 36.7 Å². The van der Waals surface area contributed by atoms with Gasteiger partial charge in [-0.05, 0) is 37.2 Å². The summed E-state index contributed by atoms with van der Waals surface area (Å²) in [6.07, 6.45) is 4.57. The molecule has 8 heteroatoms. The van der Waals surface area contributed by atoms with E-state index in [-0.39, 0.29) is 12.4 Å². The third-order valence-electron chi connectivity index (χ3n) is 5.36. The fraction of sp³-hybridized carbons (Fsp3) is 0.500. The number of hydrogen-bond acceptors (Lipinski definition) is 5. The molecule has 1 aromatic heterocycles. The van der Waals surface area contributed by atoms with Gasteiger partial charge in [-0.1, -0.05) is 12.8 Å². The number of nitrogens with one attached hydrogen (secondary N) is 2. The van der Waals surface area contributed by atoms with Crippen molar-refractivity contribution in [2.45, 2.75) is 38.3 Å². The third kappa shape index (κ3) is 3.93. The molecule has 1 fully saturated rings. The largest absolute Gasteiger partial charge is 0.454 e. The van der Waals surface area contributed by atoms with Crippen molar-refractivity contribution in [1.82, 2.24) is 15.2 Å². The molecule has 0 spiro atoms. The molecule has 0 atom stereocenters. The van der Waals surface area contributed by atoms with Gasteiger partial charge in [0.1, 0.15) is 0 Å². The average Bonchev–Trinajstić information content (AvgIpc) is 3.36. The molecule has 2 N–H and O–H groups in total. The third-order valence-corrected chi connectivity index (χ3v) is 5.74. The van der Waals surface area contributed by atoms with Crippen LogP contribution < -0.4 is 20.3 Å². The van der Waals surface area contributed by atoms with Crippen LogP contribution in [-0.2, 0) is 11.3 Å². The van der Waals surface area contributed by atoms with Crippen LogP contribution in [0.3, 0.4) is 0 Å². The van der Waals surface area contributed by atoms with E-state index in [0.29, 0.717) is 47.9 Å². The zero-order valence-corrected chi connectivity index (χ0v) is 16.8. The standard InChI is InChI=1S/C20H25N3O4S/c1-25-7-6-21-20(28)23(15-4-2-3-5-15)11-14-8-13-9-17-18(27-12-26-17)10-16(13)22-19(14)24/h8-10,15H,2-7,11-12H2,1H3,(H,21,28)(H,22,24). The first-order chi connectivity index (χ1) is 13.7. The number of aromatic nitrogens is 1. The summed E-state index contributed by atoms with van der Waals surface area (Å²) in [5.41, 5.74) is 1.33. The minimum absolute atomic E-state index is 0.103. The van der Waals surface area contributed by atoms with E-state index in [2.05, 4.69) is 15.2 Å². The molecule has 1 aliphatic heterocycles. The van der Waals surface area contributed by atoms with E-state index >= 15 is 0 Å². The van der Waals surface area contributed by atoms with Crippen LogP contribution in [0.1, 0.15) is 31.2 Å². The fourth-order valence-electron chi connectivity index (χ4n) is 3.89. The molecule has 1 saturated carbocycles. The lowest BCUT2D eigenvalue weighted by Crippen LogP contribution is -2.46. The molecular formula is C20H25N3O4S. The zero-order chi connectivity index (χ0) is 19.5. The van der Waals surface area contributed by atoms with Gasteiger partial charge in [0.15, 0.2) is 16.6 Å². The molecule has 4 rings (SSSR count). The van der Waals surface area contributed by atoms with Gasteiger partial charge < -0.3 is 29.4 Å². The van der Waals surface area contributed by atoms with E-state index in [1.807, 2.05) is 18.2 Å². The van der Waals surface area contributed by atoms with Crippen molar-refractivity contribution in [3.8, 4) is 11.5 Å². The van der Waals surface area contributed by atoms with E-state index < -0.39 is 0 Å². The second kappa shape index (κ2) is 8.36. The molecule has 2 heterocycles. The first-order valence-corrected chi connectivity index (χ1v) is 10.1. The summed E-state index contributed by atoms with van der Waals surface area (Å²) in [6.45, 7) is 1.92. The maximum absolute atomic E-state index is 12.7. The van der Waals surface area contributed by atoms with Crippen molar-refractivity contribution in [3.63, 3.8) is 0 Å². The van der Waals surface area contributed by atoms with Crippen LogP contribution in [-0.4, -0.2) is 48.1 Å². The number of hydrogen-bond donors (Lipinski definition) is 2. The van der Waals surface area contributed by atoms with Crippen molar-refractivity contribution in [3.05, 3.63) is 34.1 Å². The highest BCUT2D eigenvalue weighted by Gasteiger charge is 2.26. The van der Waals surface area contributed by atoms with E-state index in [1.165, 1.54) is 12.8 Å². The molecule has 1 aliphatic carbocycles. The number of pyridine rings is 1. The highest BCUT2D eigenvalue weighted by molar-refractivity contribution is 7.80. The van der Waals surface area contributed by atoms with Gasteiger partial charge >= 0.3 is 0 Å². The van der Waals surface area contributed by atoms with Gasteiger partial charge in [-0.3, -0.25) is 4.79 Å². The number of aromatic amines is 1. The number of benzene rings is 1. The Morgan fingerprint density at radius 1 is 1.29 bits per heavy atom. The highest BCUT2D eigenvalue weighted by Crippen LogP contribution is 2.35. The number of H-pyrrole nitrogens is 1. The van der Waals surface area contributed by atoms with Crippen molar-refractivity contribution in [1.29, 1.82) is 0 Å². The van der Waals surface area contributed by atoms with Crippen molar-refractivity contribution < 1.29 is 14.2 Å². The van der Waals surface area contributed by atoms with E-state index in [9.17, 15) is 4.79 Å². The number of ether oxygens (including phenoxy) is 3. The van der Waals surface area contributed by atoms with E-state index in [4.69, 9.17) is 26.4 Å². The van der Waals surface area contributed by atoms with Crippen molar-refractivity contribution >= 4 is 28.2 Å². The predicted octanol–water partition coefficient (Wildman–Crippen LogP) is 2.52.